The van der Waals surface area contributed by atoms with Crippen molar-refractivity contribution in [3.05, 3.63) is 57.4 Å². The lowest BCUT2D eigenvalue weighted by Gasteiger charge is -2.10. The van der Waals surface area contributed by atoms with Crippen LogP contribution in [-0.4, -0.2) is 12.0 Å². The van der Waals surface area contributed by atoms with Crippen LogP contribution in [0.15, 0.2) is 36.4 Å². The number of anilines is 2. The second-order valence-electron chi connectivity index (χ2n) is 3.87. The molecule has 2 aromatic rings. The molecular weight excluding hydrogens is 287 g/mol. The predicted molar refractivity (Wildman–Crippen MR) is 74.3 cm³/mol. The number of hydrogen-bond acceptors (Lipinski definition) is 4. The van der Waals surface area contributed by atoms with Crippen molar-refractivity contribution in [2.24, 2.45) is 0 Å². The SMILES string of the molecule is COc1cc(Nc2cccc(F)c2[N+](=O)[O-])ccc1Cl. The Kier molecular flexibility index (Phi) is 4.05. The largest absolute Gasteiger partial charge is 0.495 e. The summed E-state index contributed by atoms with van der Waals surface area (Å²) in [5, 5.41) is 14.1. The van der Waals surface area contributed by atoms with Crippen LogP contribution in [0.4, 0.5) is 21.5 Å². The summed E-state index contributed by atoms with van der Waals surface area (Å²) in [6.45, 7) is 0. The van der Waals surface area contributed by atoms with E-state index in [-0.39, 0.29) is 5.69 Å². The minimum absolute atomic E-state index is 0.0550. The highest BCUT2D eigenvalue weighted by Crippen LogP contribution is 2.33. The van der Waals surface area contributed by atoms with Crippen molar-refractivity contribution in [3.63, 3.8) is 0 Å². The van der Waals surface area contributed by atoms with Crippen LogP contribution >= 0.6 is 11.6 Å². The molecule has 0 amide bonds. The van der Waals surface area contributed by atoms with Gasteiger partial charge in [-0.3, -0.25) is 10.1 Å². The van der Waals surface area contributed by atoms with Crippen LogP contribution in [-0.2, 0) is 0 Å². The highest BCUT2D eigenvalue weighted by molar-refractivity contribution is 6.32. The molecule has 2 rings (SSSR count). The first kappa shape index (κ1) is 14.1. The molecule has 104 valence electrons. The summed E-state index contributed by atoms with van der Waals surface area (Å²) < 4.78 is 18.5. The third kappa shape index (κ3) is 2.80. The molecule has 0 atom stereocenters. The monoisotopic (exact) mass is 296 g/mol. The fourth-order valence-corrected chi connectivity index (χ4v) is 1.89. The van der Waals surface area contributed by atoms with E-state index in [9.17, 15) is 14.5 Å². The third-order valence-corrected chi connectivity index (χ3v) is 2.91. The van der Waals surface area contributed by atoms with Crippen molar-refractivity contribution in [2.45, 2.75) is 0 Å². The minimum Gasteiger partial charge on any atom is -0.495 e. The summed E-state index contributed by atoms with van der Waals surface area (Å²) >= 11 is 5.89. The number of benzene rings is 2. The molecule has 0 aromatic heterocycles. The normalized spacial score (nSPS) is 10.2. The molecule has 2 aromatic carbocycles. The van der Waals surface area contributed by atoms with Gasteiger partial charge in [-0.1, -0.05) is 17.7 Å². The highest BCUT2D eigenvalue weighted by Gasteiger charge is 2.20. The molecule has 0 aliphatic heterocycles. The van der Waals surface area contributed by atoms with Gasteiger partial charge in [-0.25, -0.2) is 0 Å². The Balaban J connectivity index is 2.40. The molecule has 0 fully saturated rings. The number of nitro benzene ring substituents is 1. The van der Waals surface area contributed by atoms with Crippen LogP contribution in [0, 0.1) is 15.9 Å². The Morgan fingerprint density at radius 3 is 2.75 bits per heavy atom. The molecular formula is C13H10ClFN2O3. The van der Waals surface area contributed by atoms with E-state index in [2.05, 4.69) is 5.32 Å². The zero-order valence-corrected chi connectivity index (χ0v) is 11.1. The number of nitrogens with zero attached hydrogens (tertiary/aromatic N) is 1. The molecule has 20 heavy (non-hydrogen) atoms. The van der Waals surface area contributed by atoms with Crippen LogP contribution < -0.4 is 10.1 Å². The second kappa shape index (κ2) is 5.75. The van der Waals surface area contributed by atoms with Crippen LogP contribution in [0.3, 0.4) is 0 Å². The summed E-state index contributed by atoms with van der Waals surface area (Å²) in [4.78, 5) is 10.1. The van der Waals surface area contributed by atoms with Gasteiger partial charge in [0.05, 0.1) is 17.1 Å². The lowest BCUT2D eigenvalue weighted by Crippen LogP contribution is -1.99. The molecule has 0 radical (unpaired) electrons. The van der Waals surface area contributed by atoms with Gasteiger partial charge in [-0.15, -0.1) is 0 Å². The minimum atomic E-state index is -0.902. The van der Waals surface area contributed by atoms with Crippen LogP contribution in [0.25, 0.3) is 0 Å². The molecule has 5 nitrogen and oxygen atoms in total. The molecule has 0 unspecified atom stereocenters. The maximum atomic E-state index is 13.5. The second-order valence-corrected chi connectivity index (χ2v) is 4.27. The zero-order valence-electron chi connectivity index (χ0n) is 10.4. The molecule has 0 aliphatic rings. The van der Waals surface area contributed by atoms with E-state index in [0.29, 0.717) is 16.5 Å². The van der Waals surface area contributed by atoms with E-state index in [1.165, 1.54) is 19.2 Å². The van der Waals surface area contributed by atoms with Crippen LogP contribution in [0.5, 0.6) is 5.75 Å². The number of hydrogen-bond donors (Lipinski definition) is 1. The number of nitro groups is 1. The molecule has 0 bridgehead atoms. The maximum Gasteiger partial charge on any atom is 0.327 e. The zero-order chi connectivity index (χ0) is 14.7. The van der Waals surface area contributed by atoms with Gasteiger partial charge in [0.25, 0.3) is 0 Å². The van der Waals surface area contributed by atoms with E-state index in [4.69, 9.17) is 16.3 Å². The molecule has 0 spiro atoms. The first-order valence-corrected chi connectivity index (χ1v) is 5.94. The Morgan fingerprint density at radius 1 is 1.35 bits per heavy atom. The average molecular weight is 297 g/mol. The van der Waals surface area contributed by atoms with E-state index >= 15 is 0 Å². The maximum absolute atomic E-state index is 13.5. The van der Waals surface area contributed by atoms with E-state index < -0.39 is 16.4 Å². The van der Waals surface area contributed by atoms with Crippen molar-refractivity contribution >= 4 is 28.7 Å². The number of para-hydroxylation sites is 1. The third-order valence-electron chi connectivity index (χ3n) is 2.60. The summed E-state index contributed by atoms with van der Waals surface area (Å²) in [5.41, 5.74) is -0.0549. The first-order chi connectivity index (χ1) is 9.52. The number of nitrogens with one attached hydrogen (secondary N) is 1. The van der Waals surface area contributed by atoms with Crippen molar-refractivity contribution in [1.29, 1.82) is 0 Å². The molecule has 7 heteroatoms. The highest BCUT2D eigenvalue weighted by atomic mass is 35.5. The van der Waals surface area contributed by atoms with Gasteiger partial charge in [0, 0.05) is 11.8 Å². The fraction of sp³-hybridized carbons (Fsp3) is 0.0769. The van der Waals surface area contributed by atoms with Crippen molar-refractivity contribution < 1.29 is 14.1 Å². The summed E-state index contributed by atoms with van der Waals surface area (Å²) in [7, 11) is 1.45. The number of halogens is 2. The van der Waals surface area contributed by atoms with Crippen LogP contribution in [0.2, 0.25) is 5.02 Å². The van der Waals surface area contributed by atoms with Crippen molar-refractivity contribution in [1.82, 2.24) is 0 Å². The van der Waals surface area contributed by atoms with Gasteiger partial charge in [0.2, 0.25) is 5.82 Å². The Hall–Kier alpha value is -2.34. The Bertz CT molecular complexity index is 664. The van der Waals surface area contributed by atoms with Gasteiger partial charge in [-0.05, 0) is 24.3 Å². The molecule has 0 saturated heterocycles. The fourth-order valence-electron chi connectivity index (χ4n) is 1.69. The van der Waals surface area contributed by atoms with Gasteiger partial charge < -0.3 is 10.1 Å². The van der Waals surface area contributed by atoms with E-state index in [1.54, 1.807) is 18.2 Å². The molecule has 0 saturated carbocycles. The Labute approximate surface area is 119 Å². The predicted octanol–water partition coefficient (Wildman–Crippen LogP) is 4.14. The summed E-state index contributed by atoms with van der Waals surface area (Å²) in [5.74, 6) is -0.489. The lowest BCUT2D eigenvalue weighted by molar-refractivity contribution is -0.386. The van der Waals surface area contributed by atoms with Gasteiger partial charge in [0.15, 0.2) is 0 Å². The van der Waals surface area contributed by atoms with E-state index in [0.717, 1.165) is 6.07 Å². The standard InChI is InChI=1S/C13H10ClFN2O3/c1-20-12-7-8(5-6-9(12)14)16-11-4-2-3-10(15)13(11)17(18)19/h2-7,16H,1H3. The summed E-state index contributed by atoms with van der Waals surface area (Å²) in [6.07, 6.45) is 0. The topological polar surface area (TPSA) is 64.4 Å². The van der Waals surface area contributed by atoms with Gasteiger partial charge in [-0.2, -0.15) is 4.39 Å². The van der Waals surface area contributed by atoms with Crippen molar-refractivity contribution in [2.75, 3.05) is 12.4 Å². The van der Waals surface area contributed by atoms with Gasteiger partial charge >= 0.3 is 5.69 Å². The summed E-state index contributed by atoms with van der Waals surface area (Å²) in [6, 6.07) is 8.59. The lowest BCUT2D eigenvalue weighted by atomic mass is 10.2. The molecule has 0 heterocycles. The first-order valence-electron chi connectivity index (χ1n) is 5.56. The average Bonchev–Trinajstić information content (AvgIpc) is 2.40. The number of rotatable bonds is 4. The molecule has 1 N–H and O–H groups in total. The van der Waals surface area contributed by atoms with Crippen molar-refractivity contribution in [3.8, 4) is 5.75 Å². The van der Waals surface area contributed by atoms with Crippen LogP contribution in [0.1, 0.15) is 0 Å². The number of ether oxygens (including phenoxy) is 1. The van der Waals surface area contributed by atoms with Gasteiger partial charge in [0.1, 0.15) is 11.4 Å². The Morgan fingerprint density at radius 2 is 2.10 bits per heavy atom. The smallest absolute Gasteiger partial charge is 0.327 e. The molecule has 0 aliphatic carbocycles. The quantitative estimate of drug-likeness (QED) is 0.680. The number of methoxy groups -OCH3 is 1. The van der Waals surface area contributed by atoms with E-state index in [1.807, 2.05) is 0 Å².